The first-order chi connectivity index (χ1) is 16.3. The molecular weight excluding hydrogens is 428 g/mol. The Morgan fingerprint density at radius 1 is 1.03 bits per heavy atom. The molecule has 1 aliphatic carbocycles. The third-order valence-corrected chi connectivity index (χ3v) is 7.01. The van der Waals surface area contributed by atoms with Crippen LogP contribution in [0.4, 0.5) is 21.9 Å². The van der Waals surface area contributed by atoms with Gasteiger partial charge in [-0.2, -0.15) is 0 Å². The summed E-state index contributed by atoms with van der Waals surface area (Å²) in [5.41, 5.74) is 1.68. The van der Waals surface area contributed by atoms with Crippen molar-refractivity contribution in [2.45, 2.75) is 64.5 Å². The number of benzene rings is 2. The van der Waals surface area contributed by atoms with Crippen molar-refractivity contribution >= 4 is 34.9 Å². The van der Waals surface area contributed by atoms with Crippen LogP contribution in [0.5, 0.6) is 0 Å². The minimum Gasteiger partial charge on any atom is -0.356 e. The van der Waals surface area contributed by atoms with Crippen LogP contribution in [0, 0.1) is 5.92 Å². The second-order valence-corrected chi connectivity index (χ2v) is 9.75. The molecule has 4 rings (SSSR count). The largest absolute Gasteiger partial charge is 0.356 e. The normalized spacial score (nSPS) is 21.0. The molecule has 1 saturated heterocycles. The van der Waals surface area contributed by atoms with Crippen LogP contribution in [0.3, 0.4) is 0 Å². The van der Waals surface area contributed by atoms with Gasteiger partial charge in [0, 0.05) is 23.1 Å². The van der Waals surface area contributed by atoms with E-state index in [1.165, 1.54) is 6.42 Å². The zero-order valence-electron chi connectivity index (χ0n) is 20.2. The molecule has 34 heavy (non-hydrogen) atoms. The number of hydrogen-bond donors (Lipinski definition) is 2. The van der Waals surface area contributed by atoms with E-state index in [4.69, 9.17) is 0 Å². The Balaban J connectivity index is 1.47. The molecule has 0 bridgehead atoms. The van der Waals surface area contributed by atoms with Gasteiger partial charge in [-0.3, -0.25) is 14.5 Å². The number of imide groups is 1. The van der Waals surface area contributed by atoms with Gasteiger partial charge in [-0.15, -0.1) is 0 Å². The Bertz CT molecular complexity index is 1030. The smallest absolute Gasteiger partial charge is 0.325 e. The van der Waals surface area contributed by atoms with Gasteiger partial charge in [0.2, 0.25) is 5.91 Å². The van der Waals surface area contributed by atoms with Crippen molar-refractivity contribution in [3.63, 3.8) is 0 Å². The summed E-state index contributed by atoms with van der Waals surface area (Å²) < 4.78 is 0. The molecule has 1 heterocycles. The maximum atomic E-state index is 13.3. The molecule has 0 radical (unpaired) electrons. The number of nitrogens with one attached hydrogen (secondary N) is 2. The maximum Gasteiger partial charge on any atom is 0.325 e. The van der Waals surface area contributed by atoms with E-state index in [-0.39, 0.29) is 30.3 Å². The second-order valence-electron chi connectivity index (χ2n) is 9.75. The summed E-state index contributed by atoms with van der Waals surface area (Å²) in [7, 11) is 0. The monoisotopic (exact) mass is 462 g/mol. The van der Waals surface area contributed by atoms with Gasteiger partial charge >= 0.3 is 6.03 Å². The van der Waals surface area contributed by atoms with E-state index in [0.29, 0.717) is 0 Å². The minimum absolute atomic E-state index is 0.115. The Kier molecular flexibility index (Phi) is 6.91. The third kappa shape index (κ3) is 4.79. The summed E-state index contributed by atoms with van der Waals surface area (Å²) >= 11 is 0. The molecule has 2 aliphatic rings. The van der Waals surface area contributed by atoms with Gasteiger partial charge in [0.1, 0.15) is 12.1 Å². The Hall–Kier alpha value is -3.35. The molecule has 1 atom stereocenters. The van der Waals surface area contributed by atoms with E-state index >= 15 is 0 Å². The molecule has 0 unspecified atom stereocenters. The highest BCUT2D eigenvalue weighted by molar-refractivity contribution is 6.10. The van der Waals surface area contributed by atoms with Gasteiger partial charge < -0.3 is 15.5 Å². The fourth-order valence-corrected chi connectivity index (χ4v) is 5.15. The Morgan fingerprint density at radius 3 is 2.26 bits per heavy atom. The number of urea groups is 1. The number of carbonyl (C=O) groups is 3. The predicted octanol–water partition coefficient (Wildman–Crippen LogP) is 5.06. The summed E-state index contributed by atoms with van der Waals surface area (Å²) in [5.74, 6) is -0.456. The van der Waals surface area contributed by atoms with Crippen LogP contribution in [0.15, 0.2) is 54.6 Å². The standard InChI is InChI=1S/C27H34N4O3/c1-19(2)31(23-16-14-22(15-17-23)28-21-12-8-5-9-13-21)24(32)18-30-25(33)27(3,29-26(30)34)20-10-6-4-7-11-20/h5,8-9,12-17,19-20,28H,4,6-7,10-11,18H2,1-3H3,(H,29,34)/t27-/m1/s1. The molecule has 2 fully saturated rings. The number of hydrogen-bond acceptors (Lipinski definition) is 4. The van der Waals surface area contributed by atoms with E-state index in [2.05, 4.69) is 10.6 Å². The Morgan fingerprint density at radius 2 is 1.65 bits per heavy atom. The van der Waals surface area contributed by atoms with Crippen LogP contribution in [-0.2, 0) is 9.59 Å². The second kappa shape index (κ2) is 9.87. The van der Waals surface area contributed by atoms with Gasteiger partial charge in [-0.25, -0.2) is 4.79 Å². The third-order valence-electron chi connectivity index (χ3n) is 7.01. The zero-order chi connectivity index (χ0) is 24.3. The molecule has 2 N–H and O–H groups in total. The topological polar surface area (TPSA) is 81.8 Å². The maximum absolute atomic E-state index is 13.3. The van der Waals surface area contributed by atoms with Crippen LogP contribution in [0.1, 0.15) is 52.9 Å². The van der Waals surface area contributed by atoms with Crippen molar-refractivity contribution in [1.82, 2.24) is 10.2 Å². The number of rotatable bonds is 7. The van der Waals surface area contributed by atoms with E-state index in [1.54, 1.807) is 4.90 Å². The number of nitrogens with zero attached hydrogens (tertiary/aromatic N) is 2. The molecule has 180 valence electrons. The lowest BCUT2D eigenvalue weighted by molar-refractivity contribution is -0.135. The van der Waals surface area contributed by atoms with Crippen LogP contribution in [-0.4, -0.2) is 40.9 Å². The number of amides is 4. The van der Waals surface area contributed by atoms with E-state index < -0.39 is 11.6 Å². The van der Waals surface area contributed by atoms with Crippen molar-refractivity contribution in [3.8, 4) is 0 Å². The van der Waals surface area contributed by atoms with Gasteiger partial charge in [-0.1, -0.05) is 37.5 Å². The van der Waals surface area contributed by atoms with E-state index in [0.717, 1.165) is 47.6 Å². The van der Waals surface area contributed by atoms with Crippen LogP contribution < -0.4 is 15.5 Å². The molecule has 0 spiro atoms. The lowest BCUT2D eigenvalue weighted by Gasteiger charge is -2.34. The molecule has 0 aromatic heterocycles. The predicted molar refractivity (Wildman–Crippen MR) is 134 cm³/mol. The van der Waals surface area contributed by atoms with E-state index in [1.807, 2.05) is 75.4 Å². The molecule has 1 saturated carbocycles. The van der Waals surface area contributed by atoms with Crippen LogP contribution in [0.2, 0.25) is 0 Å². The molecule has 2 aromatic carbocycles. The fraction of sp³-hybridized carbons (Fsp3) is 0.444. The first-order valence-corrected chi connectivity index (χ1v) is 12.2. The van der Waals surface area contributed by atoms with Crippen LogP contribution in [0.25, 0.3) is 0 Å². The van der Waals surface area contributed by atoms with Crippen molar-refractivity contribution < 1.29 is 14.4 Å². The highest BCUT2D eigenvalue weighted by atomic mass is 16.2. The summed E-state index contributed by atoms with van der Waals surface area (Å²) in [6.45, 7) is 5.39. The zero-order valence-corrected chi connectivity index (χ0v) is 20.2. The molecule has 2 aromatic rings. The molecular formula is C27H34N4O3. The average molecular weight is 463 g/mol. The van der Waals surface area contributed by atoms with E-state index in [9.17, 15) is 14.4 Å². The SMILES string of the molecule is CC(C)N(C(=O)CN1C(=O)N[C@](C)(C2CCCCC2)C1=O)c1ccc(Nc2ccccc2)cc1. The first kappa shape index (κ1) is 23.8. The first-order valence-electron chi connectivity index (χ1n) is 12.2. The molecule has 7 nitrogen and oxygen atoms in total. The van der Waals surface area contributed by atoms with Crippen LogP contribution >= 0.6 is 0 Å². The lowest BCUT2D eigenvalue weighted by Crippen LogP contribution is -2.52. The minimum atomic E-state index is -0.925. The highest BCUT2D eigenvalue weighted by Crippen LogP contribution is 2.36. The summed E-state index contributed by atoms with van der Waals surface area (Å²) in [6, 6.07) is 16.8. The summed E-state index contributed by atoms with van der Waals surface area (Å²) in [5, 5.41) is 6.23. The van der Waals surface area contributed by atoms with Gasteiger partial charge in [0.25, 0.3) is 5.91 Å². The number of carbonyl (C=O) groups excluding carboxylic acids is 3. The molecule has 4 amide bonds. The number of para-hydroxylation sites is 1. The quantitative estimate of drug-likeness (QED) is 0.564. The lowest BCUT2D eigenvalue weighted by atomic mass is 9.75. The Labute approximate surface area is 201 Å². The summed E-state index contributed by atoms with van der Waals surface area (Å²) in [6.07, 6.45) is 5.15. The van der Waals surface area contributed by atoms with Crippen molar-refractivity contribution in [3.05, 3.63) is 54.6 Å². The fourth-order valence-electron chi connectivity index (χ4n) is 5.15. The van der Waals surface area contributed by atoms with Crippen molar-refractivity contribution in [1.29, 1.82) is 0 Å². The highest BCUT2D eigenvalue weighted by Gasteiger charge is 2.52. The summed E-state index contributed by atoms with van der Waals surface area (Å²) in [4.78, 5) is 42.1. The van der Waals surface area contributed by atoms with Crippen molar-refractivity contribution in [2.24, 2.45) is 5.92 Å². The van der Waals surface area contributed by atoms with Gasteiger partial charge in [0.05, 0.1) is 0 Å². The van der Waals surface area contributed by atoms with Gasteiger partial charge in [0.15, 0.2) is 0 Å². The average Bonchev–Trinajstić information content (AvgIpc) is 3.05. The number of anilines is 3. The molecule has 1 aliphatic heterocycles. The van der Waals surface area contributed by atoms with Crippen molar-refractivity contribution in [2.75, 3.05) is 16.8 Å². The van der Waals surface area contributed by atoms with Gasteiger partial charge in [-0.05, 0) is 75.9 Å². The molecule has 7 heteroatoms.